The number of hydrogen-bond donors (Lipinski definition) is 3. The molecule has 3 rings (SSSR count). The smallest absolute Gasteiger partial charge is 0.319 e. The van der Waals surface area contributed by atoms with Crippen molar-refractivity contribution in [2.75, 3.05) is 5.32 Å². The number of amides is 3. The van der Waals surface area contributed by atoms with Gasteiger partial charge in [0.25, 0.3) is 11.6 Å². The third kappa shape index (κ3) is 4.43. The van der Waals surface area contributed by atoms with Crippen LogP contribution < -0.4 is 16.0 Å². The monoisotopic (exact) mass is 394 g/mol. The lowest BCUT2D eigenvalue weighted by Crippen LogP contribution is -2.45. The predicted octanol–water partition coefficient (Wildman–Crippen LogP) is 3.98. The fourth-order valence-electron chi connectivity index (χ4n) is 3.18. The first kappa shape index (κ1) is 20.1. The minimum Gasteiger partial charge on any atom is -0.327 e. The predicted molar refractivity (Wildman–Crippen MR) is 109 cm³/mol. The van der Waals surface area contributed by atoms with Gasteiger partial charge >= 0.3 is 6.03 Å². The second-order valence-electron chi connectivity index (χ2n) is 7.15. The number of urea groups is 1. The zero-order valence-electron chi connectivity index (χ0n) is 16.4. The third-order valence-corrected chi connectivity index (χ3v) is 4.79. The Balaban J connectivity index is 1.88. The van der Waals surface area contributed by atoms with Crippen molar-refractivity contribution in [2.45, 2.75) is 32.7 Å². The Bertz CT molecular complexity index is 979. The molecule has 0 aliphatic carbocycles. The van der Waals surface area contributed by atoms with Crippen molar-refractivity contribution >= 4 is 23.3 Å². The maximum Gasteiger partial charge on any atom is 0.319 e. The summed E-state index contributed by atoms with van der Waals surface area (Å²) in [6.07, 6.45) is 0. The van der Waals surface area contributed by atoms with Gasteiger partial charge in [-0.2, -0.15) is 0 Å². The molecule has 150 valence electrons. The lowest BCUT2D eigenvalue weighted by Gasteiger charge is -2.29. The molecule has 1 aliphatic rings. The standard InChI is InChI=1S/C21H22N4O4/c1-12(2)14-4-6-15(7-5-14)19-18(13(3)22-21(27)24-19)20(26)23-16-8-10-17(11-9-16)25(28)29/h4-12,19H,1-3H3,(H,23,26)(H2,22,24,27)/t19-/m1/s1. The number of anilines is 1. The molecule has 0 saturated heterocycles. The molecule has 3 amide bonds. The Labute approximate surface area is 168 Å². The maximum absolute atomic E-state index is 13.0. The number of benzene rings is 2. The van der Waals surface area contributed by atoms with Gasteiger partial charge in [-0.1, -0.05) is 38.1 Å². The number of nitro benzene ring substituents is 1. The molecular formula is C21H22N4O4. The SMILES string of the molecule is CC1=C(C(=O)Nc2ccc([N+](=O)[O-])cc2)[C@@H](c2ccc(C(C)C)cc2)NC(=O)N1. The molecule has 1 atom stereocenters. The van der Waals surface area contributed by atoms with Gasteiger partial charge in [-0.15, -0.1) is 0 Å². The Morgan fingerprint density at radius 3 is 2.28 bits per heavy atom. The normalized spacial score (nSPS) is 16.3. The van der Waals surface area contributed by atoms with Crippen LogP contribution in [0.5, 0.6) is 0 Å². The molecule has 3 N–H and O–H groups in total. The number of nitrogens with zero attached hydrogens (tertiary/aromatic N) is 1. The molecule has 0 unspecified atom stereocenters. The van der Waals surface area contributed by atoms with Crippen LogP contribution in [0.3, 0.4) is 0 Å². The molecular weight excluding hydrogens is 372 g/mol. The van der Waals surface area contributed by atoms with E-state index in [9.17, 15) is 19.7 Å². The summed E-state index contributed by atoms with van der Waals surface area (Å²) in [7, 11) is 0. The summed E-state index contributed by atoms with van der Waals surface area (Å²) in [5.41, 5.74) is 3.13. The van der Waals surface area contributed by atoms with E-state index in [0.29, 0.717) is 22.9 Å². The van der Waals surface area contributed by atoms with Crippen LogP contribution in [0.25, 0.3) is 0 Å². The summed E-state index contributed by atoms with van der Waals surface area (Å²) >= 11 is 0. The van der Waals surface area contributed by atoms with Crippen molar-refractivity contribution in [1.29, 1.82) is 0 Å². The number of nitrogens with one attached hydrogen (secondary N) is 3. The van der Waals surface area contributed by atoms with Gasteiger partial charge in [0.15, 0.2) is 0 Å². The number of carbonyl (C=O) groups is 2. The van der Waals surface area contributed by atoms with Gasteiger partial charge in [0.1, 0.15) is 0 Å². The third-order valence-electron chi connectivity index (χ3n) is 4.79. The van der Waals surface area contributed by atoms with Gasteiger partial charge in [0, 0.05) is 23.5 Å². The number of hydrogen-bond acceptors (Lipinski definition) is 4. The van der Waals surface area contributed by atoms with Crippen molar-refractivity contribution in [3.05, 3.63) is 81.0 Å². The number of carbonyl (C=O) groups excluding carboxylic acids is 2. The van der Waals surface area contributed by atoms with E-state index in [1.165, 1.54) is 24.3 Å². The highest BCUT2D eigenvalue weighted by Gasteiger charge is 2.31. The lowest BCUT2D eigenvalue weighted by molar-refractivity contribution is -0.384. The van der Waals surface area contributed by atoms with Crippen LogP contribution in [-0.4, -0.2) is 16.9 Å². The fourth-order valence-corrected chi connectivity index (χ4v) is 3.18. The number of rotatable bonds is 5. The summed E-state index contributed by atoms with van der Waals surface area (Å²) in [4.78, 5) is 35.3. The average molecular weight is 394 g/mol. The van der Waals surface area contributed by atoms with Crippen molar-refractivity contribution < 1.29 is 14.5 Å². The summed E-state index contributed by atoms with van der Waals surface area (Å²) in [5, 5.41) is 18.9. The second-order valence-corrected chi connectivity index (χ2v) is 7.15. The highest BCUT2D eigenvalue weighted by molar-refractivity contribution is 6.06. The van der Waals surface area contributed by atoms with Gasteiger partial charge in [-0.25, -0.2) is 4.79 Å². The van der Waals surface area contributed by atoms with Crippen LogP contribution in [0.2, 0.25) is 0 Å². The van der Waals surface area contributed by atoms with Crippen LogP contribution in [0.1, 0.15) is 43.9 Å². The van der Waals surface area contributed by atoms with Crippen LogP contribution in [0.4, 0.5) is 16.2 Å². The van der Waals surface area contributed by atoms with E-state index in [-0.39, 0.29) is 11.7 Å². The Hall–Kier alpha value is -3.68. The van der Waals surface area contributed by atoms with Gasteiger partial charge < -0.3 is 16.0 Å². The molecule has 8 heteroatoms. The van der Waals surface area contributed by atoms with E-state index in [0.717, 1.165) is 11.1 Å². The number of nitro groups is 1. The van der Waals surface area contributed by atoms with E-state index in [1.807, 2.05) is 24.3 Å². The van der Waals surface area contributed by atoms with E-state index in [4.69, 9.17) is 0 Å². The molecule has 29 heavy (non-hydrogen) atoms. The van der Waals surface area contributed by atoms with E-state index in [1.54, 1.807) is 6.92 Å². The van der Waals surface area contributed by atoms with Crippen molar-refractivity contribution in [1.82, 2.24) is 10.6 Å². The average Bonchev–Trinajstić information content (AvgIpc) is 2.67. The molecule has 0 saturated carbocycles. The van der Waals surface area contributed by atoms with Crippen molar-refractivity contribution in [3.8, 4) is 0 Å². The molecule has 0 spiro atoms. The fraction of sp³-hybridized carbons (Fsp3) is 0.238. The van der Waals surface area contributed by atoms with Gasteiger partial charge in [-0.3, -0.25) is 14.9 Å². The molecule has 1 heterocycles. The minimum atomic E-state index is -0.608. The van der Waals surface area contributed by atoms with Crippen LogP contribution >= 0.6 is 0 Å². The molecule has 0 radical (unpaired) electrons. The summed E-state index contributed by atoms with van der Waals surface area (Å²) in [5.74, 6) is -0.0318. The largest absolute Gasteiger partial charge is 0.327 e. The minimum absolute atomic E-state index is 0.0619. The lowest BCUT2D eigenvalue weighted by atomic mass is 9.92. The van der Waals surface area contributed by atoms with Crippen molar-refractivity contribution in [3.63, 3.8) is 0 Å². The summed E-state index contributed by atoms with van der Waals surface area (Å²) in [6.45, 7) is 5.85. The van der Waals surface area contributed by atoms with Crippen LogP contribution in [0.15, 0.2) is 59.8 Å². The van der Waals surface area contributed by atoms with Crippen LogP contribution in [-0.2, 0) is 4.79 Å². The molecule has 2 aromatic carbocycles. The topological polar surface area (TPSA) is 113 Å². The summed E-state index contributed by atoms with van der Waals surface area (Å²) < 4.78 is 0. The highest BCUT2D eigenvalue weighted by Crippen LogP contribution is 2.29. The van der Waals surface area contributed by atoms with Gasteiger partial charge in [-0.05, 0) is 36.1 Å². The number of allylic oxidation sites excluding steroid dienone is 1. The second kappa shape index (κ2) is 8.14. The quantitative estimate of drug-likeness (QED) is 0.526. The highest BCUT2D eigenvalue weighted by atomic mass is 16.6. The van der Waals surface area contributed by atoms with Crippen molar-refractivity contribution in [2.24, 2.45) is 0 Å². The van der Waals surface area contributed by atoms with Gasteiger partial charge in [0.05, 0.1) is 16.5 Å². The summed E-state index contributed by atoms with van der Waals surface area (Å²) in [6, 6.07) is 12.3. The molecule has 8 nitrogen and oxygen atoms in total. The van der Waals surface area contributed by atoms with E-state index >= 15 is 0 Å². The number of non-ortho nitro benzene ring substituents is 1. The first-order valence-corrected chi connectivity index (χ1v) is 9.20. The molecule has 0 fully saturated rings. The first-order valence-electron chi connectivity index (χ1n) is 9.20. The molecule has 0 bridgehead atoms. The Kier molecular flexibility index (Phi) is 5.63. The zero-order chi connectivity index (χ0) is 21.1. The molecule has 2 aromatic rings. The van der Waals surface area contributed by atoms with E-state index < -0.39 is 16.9 Å². The Morgan fingerprint density at radius 2 is 1.72 bits per heavy atom. The first-order chi connectivity index (χ1) is 13.8. The maximum atomic E-state index is 13.0. The zero-order valence-corrected chi connectivity index (χ0v) is 16.4. The Morgan fingerprint density at radius 1 is 1.10 bits per heavy atom. The van der Waals surface area contributed by atoms with Crippen LogP contribution in [0, 0.1) is 10.1 Å². The van der Waals surface area contributed by atoms with Gasteiger partial charge in [0.2, 0.25) is 0 Å². The van der Waals surface area contributed by atoms with E-state index in [2.05, 4.69) is 29.8 Å². The molecule has 1 aliphatic heterocycles. The molecule has 0 aromatic heterocycles.